The Morgan fingerprint density at radius 3 is 2.96 bits per heavy atom. The summed E-state index contributed by atoms with van der Waals surface area (Å²) in [5.74, 6) is -0.109. The van der Waals surface area contributed by atoms with Crippen LogP contribution in [0.3, 0.4) is 0 Å². The average Bonchev–Trinajstić information content (AvgIpc) is 2.77. The molecule has 23 heavy (non-hydrogen) atoms. The van der Waals surface area contributed by atoms with Gasteiger partial charge >= 0.3 is 0 Å². The lowest BCUT2D eigenvalue weighted by Gasteiger charge is -2.22. The minimum absolute atomic E-state index is 0.0457. The van der Waals surface area contributed by atoms with Crippen LogP contribution in [-0.4, -0.2) is 59.9 Å². The Morgan fingerprint density at radius 1 is 1.43 bits per heavy atom. The highest BCUT2D eigenvalue weighted by molar-refractivity contribution is 5.94. The van der Waals surface area contributed by atoms with Crippen molar-refractivity contribution in [3.63, 3.8) is 0 Å². The van der Waals surface area contributed by atoms with Crippen LogP contribution in [0.2, 0.25) is 0 Å². The number of ether oxygens (including phenoxy) is 1. The van der Waals surface area contributed by atoms with Crippen LogP contribution in [0, 0.1) is 5.92 Å². The summed E-state index contributed by atoms with van der Waals surface area (Å²) in [5.41, 5.74) is 2.55. The number of carbonyl (C=O) groups excluding carboxylic acids is 1. The number of hydrogen-bond donors (Lipinski definition) is 1. The van der Waals surface area contributed by atoms with E-state index in [0.29, 0.717) is 31.4 Å². The maximum absolute atomic E-state index is 12.7. The Labute approximate surface area is 133 Å². The molecule has 128 valence electrons. The van der Waals surface area contributed by atoms with Gasteiger partial charge < -0.3 is 15.0 Å². The third kappa shape index (κ3) is 3.37. The number of hydrogen-bond acceptors (Lipinski definition) is 4. The van der Waals surface area contributed by atoms with Crippen molar-refractivity contribution in [3.8, 4) is 0 Å². The smallest absolute Gasteiger partial charge is 0.272 e. The van der Waals surface area contributed by atoms with E-state index in [-0.39, 0.29) is 18.4 Å². The molecule has 1 N–H and O–H groups in total. The number of rotatable bonds is 4. The minimum Gasteiger partial charge on any atom is -0.375 e. The molecule has 1 amide bonds. The van der Waals surface area contributed by atoms with Gasteiger partial charge in [0.05, 0.1) is 12.3 Å². The van der Waals surface area contributed by atoms with Gasteiger partial charge in [-0.05, 0) is 6.92 Å². The molecule has 0 bridgehead atoms. The standard InChI is InChI=1S/C15H22F2N4O2/c1-9-3-12-11(4-18-9)14-15(22)20(2)5-10(6-21(14)19-12)7-23-8-13(16)17/h9-10,13,18H,3-8H2,1-2H3/t9-,10+/m1/s1. The number of carbonyl (C=O) groups is 1. The highest BCUT2D eigenvalue weighted by atomic mass is 19.3. The number of nitrogens with one attached hydrogen (secondary N) is 1. The van der Waals surface area contributed by atoms with Gasteiger partial charge in [0.1, 0.15) is 12.3 Å². The second-order valence-corrected chi connectivity index (χ2v) is 6.42. The van der Waals surface area contributed by atoms with E-state index in [2.05, 4.69) is 17.3 Å². The van der Waals surface area contributed by atoms with E-state index in [1.807, 2.05) is 0 Å². The van der Waals surface area contributed by atoms with E-state index in [1.165, 1.54) is 0 Å². The van der Waals surface area contributed by atoms with Crippen molar-refractivity contribution in [2.24, 2.45) is 5.92 Å². The SMILES string of the molecule is C[C@@H]1Cc2nn3c(c2CN1)C(=O)N(C)C[C@H](COCC(F)F)C3. The maximum Gasteiger partial charge on any atom is 0.272 e. The van der Waals surface area contributed by atoms with Crippen LogP contribution in [0.15, 0.2) is 0 Å². The molecule has 8 heteroatoms. The summed E-state index contributed by atoms with van der Waals surface area (Å²) in [6.07, 6.45) is -1.68. The molecule has 3 rings (SSSR count). The summed E-state index contributed by atoms with van der Waals surface area (Å²) in [7, 11) is 1.73. The first-order chi connectivity index (χ1) is 11.0. The van der Waals surface area contributed by atoms with E-state index in [1.54, 1.807) is 16.6 Å². The Morgan fingerprint density at radius 2 is 2.22 bits per heavy atom. The third-order valence-corrected chi connectivity index (χ3v) is 4.37. The van der Waals surface area contributed by atoms with Crippen molar-refractivity contribution < 1.29 is 18.3 Å². The number of aromatic nitrogens is 2. The van der Waals surface area contributed by atoms with Gasteiger partial charge in [-0.25, -0.2) is 8.78 Å². The molecule has 0 spiro atoms. The molecule has 0 radical (unpaired) electrons. The van der Waals surface area contributed by atoms with Gasteiger partial charge in [0, 0.05) is 50.6 Å². The molecule has 0 aliphatic carbocycles. The monoisotopic (exact) mass is 328 g/mol. The van der Waals surface area contributed by atoms with Crippen molar-refractivity contribution in [1.29, 1.82) is 0 Å². The predicted octanol–water partition coefficient (Wildman–Crippen LogP) is 0.901. The molecule has 1 aromatic heterocycles. The second kappa shape index (κ2) is 6.52. The molecule has 2 atom stereocenters. The molecule has 3 heterocycles. The summed E-state index contributed by atoms with van der Waals surface area (Å²) < 4.78 is 31.3. The van der Waals surface area contributed by atoms with E-state index in [9.17, 15) is 13.6 Å². The molecule has 1 aromatic rings. The molecule has 2 aliphatic heterocycles. The summed E-state index contributed by atoms with van der Waals surface area (Å²) in [6.45, 7) is 3.33. The average molecular weight is 328 g/mol. The predicted molar refractivity (Wildman–Crippen MR) is 79.5 cm³/mol. The number of amides is 1. The highest BCUT2D eigenvalue weighted by Crippen LogP contribution is 2.25. The zero-order valence-corrected chi connectivity index (χ0v) is 13.4. The van der Waals surface area contributed by atoms with E-state index in [4.69, 9.17) is 4.74 Å². The Hall–Kier alpha value is -1.54. The first-order valence-corrected chi connectivity index (χ1v) is 7.89. The summed E-state index contributed by atoms with van der Waals surface area (Å²) in [6, 6.07) is 0.333. The van der Waals surface area contributed by atoms with E-state index >= 15 is 0 Å². The van der Waals surface area contributed by atoms with Crippen molar-refractivity contribution in [2.75, 3.05) is 26.8 Å². The number of nitrogens with zero attached hydrogens (tertiary/aromatic N) is 3. The van der Waals surface area contributed by atoms with Crippen LogP contribution >= 0.6 is 0 Å². The third-order valence-electron chi connectivity index (χ3n) is 4.37. The molecule has 0 saturated heterocycles. The molecule has 6 nitrogen and oxygen atoms in total. The van der Waals surface area contributed by atoms with Gasteiger partial charge in [-0.2, -0.15) is 5.10 Å². The van der Waals surface area contributed by atoms with Gasteiger partial charge in [-0.3, -0.25) is 9.48 Å². The van der Waals surface area contributed by atoms with Crippen LogP contribution in [0.4, 0.5) is 8.78 Å². The summed E-state index contributed by atoms with van der Waals surface area (Å²) in [5, 5.41) is 7.96. The lowest BCUT2D eigenvalue weighted by molar-refractivity contribution is -0.00113. The van der Waals surface area contributed by atoms with Crippen molar-refractivity contribution >= 4 is 5.91 Å². The van der Waals surface area contributed by atoms with Gasteiger partial charge in [-0.1, -0.05) is 0 Å². The zero-order valence-electron chi connectivity index (χ0n) is 13.4. The second-order valence-electron chi connectivity index (χ2n) is 6.42. The van der Waals surface area contributed by atoms with Gasteiger partial charge in [0.2, 0.25) is 0 Å². The number of fused-ring (bicyclic) bond motifs is 3. The van der Waals surface area contributed by atoms with Crippen LogP contribution in [0.5, 0.6) is 0 Å². The summed E-state index contributed by atoms with van der Waals surface area (Å²) >= 11 is 0. The van der Waals surface area contributed by atoms with Crippen LogP contribution in [-0.2, 0) is 24.2 Å². The van der Waals surface area contributed by atoms with Crippen molar-refractivity contribution in [2.45, 2.75) is 38.9 Å². The van der Waals surface area contributed by atoms with Gasteiger partial charge in [-0.15, -0.1) is 0 Å². The van der Waals surface area contributed by atoms with Crippen LogP contribution < -0.4 is 5.32 Å². The quantitative estimate of drug-likeness (QED) is 0.892. The molecular weight excluding hydrogens is 306 g/mol. The normalized spacial score (nSPS) is 24.6. The van der Waals surface area contributed by atoms with E-state index in [0.717, 1.165) is 17.7 Å². The summed E-state index contributed by atoms with van der Waals surface area (Å²) in [4.78, 5) is 14.3. The topological polar surface area (TPSA) is 59.4 Å². The first-order valence-electron chi connectivity index (χ1n) is 7.89. The minimum atomic E-state index is -2.47. The van der Waals surface area contributed by atoms with E-state index < -0.39 is 13.0 Å². The molecular formula is C15H22F2N4O2. The fourth-order valence-electron chi connectivity index (χ4n) is 3.29. The Bertz CT molecular complexity index is 590. The maximum atomic E-state index is 12.7. The van der Waals surface area contributed by atoms with Crippen molar-refractivity contribution in [3.05, 3.63) is 17.0 Å². The van der Waals surface area contributed by atoms with Crippen LogP contribution in [0.25, 0.3) is 0 Å². The fourth-order valence-corrected chi connectivity index (χ4v) is 3.29. The Balaban J connectivity index is 1.81. The molecule has 0 fully saturated rings. The Kier molecular flexibility index (Phi) is 4.63. The zero-order chi connectivity index (χ0) is 16.6. The molecule has 0 saturated carbocycles. The molecule has 0 aromatic carbocycles. The lowest BCUT2D eigenvalue weighted by Crippen LogP contribution is -2.35. The fraction of sp³-hybridized carbons (Fsp3) is 0.733. The number of alkyl halides is 2. The lowest BCUT2D eigenvalue weighted by atomic mass is 10.0. The van der Waals surface area contributed by atoms with Crippen molar-refractivity contribution in [1.82, 2.24) is 20.0 Å². The molecule has 2 aliphatic rings. The number of halogens is 2. The highest BCUT2D eigenvalue weighted by Gasteiger charge is 2.33. The first kappa shape index (κ1) is 16.3. The van der Waals surface area contributed by atoms with Gasteiger partial charge in [0.15, 0.2) is 0 Å². The van der Waals surface area contributed by atoms with Crippen LogP contribution in [0.1, 0.15) is 28.7 Å². The van der Waals surface area contributed by atoms with Gasteiger partial charge in [0.25, 0.3) is 12.3 Å². The molecule has 0 unspecified atom stereocenters. The largest absolute Gasteiger partial charge is 0.375 e.